The number of carbonyl (C=O) groups is 3. The molecule has 0 spiro atoms. The van der Waals surface area contributed by atoms with Crippen molar-refractivity contribution in [3.63, 3.8) is 0 Å². The van der Waals surface area contributed by atoms with Crippen LogP contribution in [0, 0.1) is 0 Å². The van der Waals surface area contributed by atoms with Gasteiger partial charge in [0, 0.05) is 6.42 Å². The molecule has 1 aliphatic rings. The quantitative estimate of drug-likeness (QED) is 0.521. The minimum Gasteiger partial charge on any atom is -0.464 e. The van der Waals surface area contributed by atoms with Gasteiger partial charge in [-0.25, -0.2) is 9.59 Å². The van der Waals surface area contributed by atoms with Crippen molar-refractivity contribution in [2.45, 2.75) is 77.0 Å². The second-order valence-electron chi connectivity index (χ2n) is 9.61. The van der Waals surface area contributed by atoms with Crippen LogP contribution in [0.2, 0.25) is 0 Å². The standard InChI is InChI=1S/C26H34N2O5S/c1-5-32-22(29)21(16-18-8-10-19(11-9-18)20-12-15-34-17-20)27-23(30)26(13-6-7-14-26)28-24(31)33-25(2,3)4/h8-12,15,17,21H,5-7,13-14,16H2,1-4H3,(H,27,30)(H,28,31). The normalized spacial score (nSPS) is 15.9. The third kappa shape index (κ3) is 6.82. The van der Waals surface area contributed by atoms with Gasteiger partial charge < -0.3 is 20.1 Å². The van der Waals surface area contributed by atoms with E-state index < -0.39 is 29.2 Å². The lowest BCUT2D eigenvalue weighted by atomic mass is 9.95. The minimum absolute atomic E-state index is 0.212. The lowest BCUT2D eigenvalue weighted by Crippen LogP contribution is -2.60. The topological polar surface area (TPSA) is 93.7 Å². The molecule has 1 atom stereocenters. The summed E-state index contributed by atoms with van der Waals surface area (Å²) in [7, 11) is 0. The van der Waals surface area contributed by atoms with Crippen molar-refractivity contribution in [3.05, 3.63) is 46.7 Å². The molecule has 1 saturated carbocycles. The zero-order valence-electron chi connectivity index (χ0n) is 20.3. The Hall–Kier alpha value is -2.87. The molecule has 1 aromatic heterocycles. The number of nitrogens with one attached hydrogen (secondary N) is 2. The molecule has 3 rings (SSSR count). The lowest BCUT2D eigenvalue weighted by molar-refractivity contribution is -0.148. The van der Waals surface area contributed by atoms with Gasteiger partial charge in [0.05, 0.1) is 6.61 Å². The molecular weight excluding hydrogens is 452 g/mol. The first-order valence-corrected chi connectivity index (χ1v) is 12.7. The first-order valence-electron chi connectivity index (χ1n) is 11.7. The maximum absolute atomic E-state index is 13.4. The van der Waals surface area contributed by atoms with Crippen LogP contribution in [0.15, 0.2) is 41.1 Å². The van der Waals surface area contributed by atoms with E-state index in [4.69, 9.17) is 9.47 Å². The summed E-state index contributed by atoms with van der Waals surface area (Å²) in [5.74, 6) is -0.882. The van der Waals surface area contributed by atoms with Crippen molar-refractivity contribution < 1.29 is 23.9 Å². The Kier molecular flexibility index (Phi) is 8.36. The Bertz CT molecular complexity index is 974. The van der Waals surface area contributed by atoms with Crippen LogP contribution >= 0.6 is 11.3 Å². The number of hydrogen-bond acceptors (Lipinski definition) is 6. The van der Waals surface area contributed by atoms with Crippen molar-refractivity contribution in [3.8, 4) is 11.1 Å². The summed E-state index contributed by atoms with van der Waals surface area (Å²) < 4.78 is 10.6. The number of amides is 2. The van der Waals surface area contributed by atoms with E-state index in [2.05, 4.69) is 22.1 Å². The van der Waals surface area contributed by atoms with Gasteiger partial charge >= 0.3 is 12.1 Å². The summed E-state index contributed by atoms with van der Waals surface area (Å²) in [6.07, 6.45) is 2.23. The van der Waals surface area contributed by atoms with Crippen molar-refractivity contribution >= 4 is 29.3 Å². The predicted molar refractivity (Wildman–Crippen MR) is 133 cm³/mol. The van der Waals surface area contributed by atoms with Gasteiger partial charge in [-0.2, -0.15) is 11.3 Å². The van der Waals surface area contributed by atoms with Gasteiger partial charge in [-0.3, -0.25) is 4.79 Å². The Morgan fingerprint density at radius 3 is 2.29 bits per heavy atom. The molecule has 184 valence electrons. The van der Waals surface area contributed by atoms with Crippen LogP contribution in [0.1, 0.15) is 58.9 Å². The molecule has 1 heterocycles. The number of carbonyl (C=O) groups excluding carboxylic acids is 3. The van der Waals surface area contributed by atoms with Gasteiger partial charge in [0.15, 0.2) is 0 Å². The van der Waals surface area contributed by atoms with E-state index in [1.54, 1.807) is 39.0 Å². The maximum Gasteiger partial charge on any atom is 0.408 e. The average molecular weight is 487 g/mol. The molecule has 8 heteroatoms. The Morgan fingerprint density at radius 1 is 1.06 bits per heavy atom. The SMILES string of the molecule is CCOC(=O)C(Cc1ccc(-c2ccsc2)cc1)NC(=O)C1(NC(=O)OC(C)(C)C)CCCC1. The molecule has 2 amide bonds. The molecule has 0 bridgehead atoms. The van der Waals surface area contributed by atoms with Crippen LogP contribution in [0.3, 0.4) is 0 Å². The molecule has 7 nitrogen and oxygen atoms in total. The summed E-state index contributed by atoms with van der Waals surface area (Å²) in [6.45, 7) is 7.26. The van der Waals surface area contributed by atoms with E-state index in [0.717, 1.165) is 29.5 Å². The van der Waals surface area contributed by atoms with E-state index in [9.17, 15) is 14.4 Å². The van der Waals surface area contributed by atoms with Crippen molar-refractivity contribution in [1.82, 2.24) is 10.6 Å². The van der Waals surface area contributed by atoms with Gasteiger partial charge in [0.1, 0.15) is 17.2 Å². The average Bonchev–Trinajstić information content (AvgIpc) is 3.45. The number of ether oxygens (including phenoxy) is 2. The highest BCUT2D eigenvalue weighted by Crippen LogP contribution is 2.31. The number of rotatable bonds is 8. The minimum atomic E-state index is -1.10. The molecule has 34 heavy (non-hydrogen) atoms. The van der Waals surface area contributed by atoms with Gasteiger partial charge in [-0.05, 0) is 74.1 Å². The van der Waals surface area contributed by atoms with Gasteiger partial charge in [0.2, 0.25) is 5.91 Å². The summed E-state index contributed by atoms with van der Waals surface area (Å²) in [6, 6.07) is 9.11. The highest BCUT2D eigenvalue weighted by molar-refractivity contribution is 7.08. The Morgan fingerprint density at radius 2 is 1.74 bits per heavy atom. The highest BCUT2D eigenvalue weighted by atomic mass is 32.1. The molecule has 2 aromatic rings. The van der Waals surface area contributed by atoms with E-state index >= 15 is 0 Å². The first-order chi connectivity index (χ1) is 16.1. The number of alkyl carbamates (subject to hydrolysis) is 1. The highest BCUT2D eigenvalue weighted by Gasteiger charge is 2.44. The zero-order valence-corrected chi connectivity index (χ0v) is 21.1. The number of esters is 1. The molecule has 1 aliphatic carbocycles. The smallest absolute Gasteiger partial charge is 0.408 e. The van der Waals surface area contributed by atoms with Crippen molar-refractivity contribution in [2.24, 2.45) is 0 Å². The molecule has 1 unspecified atom stereocenters. The molecule has 1 aromatic carbocycles. The van der Waals surface area contributed by atoms with Crippen molar-refractivity contribution in [1.29, 1.82) is 0 Å². The summed E-state index contributed by atoms with van der Waals surface area (Å²) in [4.78, 5) is 38.6. The maximum atomic E-state index is 13.4. The molecule has 2 N–H and O–H groups in total. The number of thiophene rings is 1. The predicted octanol–water partition coefficient (Wildman–Crippen LogP) is 4.84. The molecule has 0 aliphatic heterocycles. The molecule has 1 fully saturated rings. The zero-order chi connectivity index (χ0) is 24.8. The van der Waals surface area contributed by atoms with Gasteiger partial charge in [-0.1, -0.05) is 37.1 Å². The fourth-order valence-electron chi connectivity index (χ4n) is 4.12. The van der Waals surface area contributed by atoms with E-state index in [1.165, 1.54) is 0 Å². The summed E-state index contributed by atoms with van der Waals surface area (Å²) >= 11 is 1.64. The van der Waals surface area contributed by atoms with Crippen LogP contribution in [0.4, 0.5) is 4.79 Å². The van der Waals surface area contributed by atoms with E-state index in [-0.39, 0.29) is 18.9 Å². The van der Waals surface area contributed by atoms with Crippen LogP contribution in [-0.2, 0) is 25.5 Å². The monoisotopic (exact) mass is 486 g/mol. The van der Waals surface area contributed by atoms with Crippen LogP contribution in [0.5, 0.6) is 0 Å². The van der Waals surface area contributed by atoms with Crippen LogP contribution < -0.4 is 10.6 Å². The van der Waals surface area contributed by atoms with Crippen LogP contribution in [-0.4, -0.2) is 41.8 Å². The third-order valence-corrected chi connectivity index (χ3v) is 6.44. The van der Waals surface area contributed by atoms with Gasteiger partial charge in [-0.15, -0.1) is 0 Å². The molecule has 0 radical (unpaired) electrons. The fraction of sp³-hybridized carbons (Fsp3) is 0.500. The molecular formula is C26H34N2O5S. The van der Waals surface area contributed by atoms with Crippen LogP contribution in [0.25, 0.3) is 11.1 Å². The summed E-state index contributed by atoms with van der Waals surface area (Å²) in [5, 5.41) is 9.75. The van der Waals surface area contributed by atoms with Crippen molar-refractivity contribution in [2.75, 3.05) is 6.61 Å². The number of benzene rings is 1. The second kappa shape index (κ2) is 11.0. The second-order valence-corrected chi connectivity index (χ2v) is 10.4. The first kappa shape index (κ1) is 25.7. The Labute approximate surface area is 205 Å². The number of hydrogen-bond donors (Lipinski definition) is 2. The lowest BCUT2D eigenvalue weighted by Gasteiger charge is -2.32. The Balaban J connectivity index is 1.74. The third-order valence-electron chi connectivity index (χ3n) is 5.76. The summed E-state index contributed by atoms with van der Waals surface area (Å²) in [5.41, 5.74) is 1.35. The largest absolute Gasteiger partial charge is 0.464 e. The van der Waals surface area contributed by atoms with E-state index in [0.29, 0.717) is 12.8 Å². The molecule has 0 saturated heterocycles. The van der Waals surface area contributed by atoms with E-state index in [1.807, 2.05) is 29.6 Å². The van der Waals surface area contributed by atoms with Gasteiger partial charge in [0.25, 0.3) is 0 Å². The fourth-order valence-corrected chi connectivity index (χ4v) is 4.78.